The number of ether oxygens (including phenoxy) is 4. The molecule has 95 heavy (non-hydrogen) atoms. The Morgan fingerprint density at radius 1 is 0.295 bits per heavy atom. The zero-order chi connectivity index (χ0) is 70.3. The van der Waals surface area contributed by atoms with E-state index in [9.17, 15) is 43.2 Å². The number of aliphatic hydroxyl groups excluding tert-OH is 1. The smallest absolute Gasteiger partial charge is 0.462 e. The molecular formula is C76H148O17P2. The van der Waals surface area contributed by atoms with Crippen molar-refractivity contribution in [3.63, 3.8) is 0 Å². The van der Waals surface area contributed by atoms with Gasteiger partial charge in [0, 0.05) is 25.7 Å². The zero-order valence-electron chi connectivity index (χ0n) is 62.3. The number of hydrogen-bond acceptors (Lipinski definition) is 15. The SMILES string of the molecule is CCC(C)CCCCCCCCCCCCC(=O)OC[C@H](COP(=O)(O)OCC(O)COP(=O)(O)OC[C@@H](COC(=O)CCCCCCCCCCC(C)C)OC(=O)CCCCCCCCC(C)C)OC(=O)CCCCCCCCCCCCCCCCCCCCC(C)C. The first kappa shape index (κ1) is 93.1. The van der Waals surface area contributed by atoms with Crippen LogP contribution in [0.25, 0.3) is 0 Å². The molecule has 0 radical (unpaired) electrons. The fourth-order valence-electron chi connectivity index (χ4n) is 11.5. The molecule has 0 spiro atoms. The summed E-state index contributed by atoms with van der Waals surface area (Å²) in [5.41, 5.74) is 0. The number of phosphoric ester groups is 2. The van der Waals surface area contributed by atoms with Gasteiger partial charge >= 0.3 is 39.5 Å². The van der Waals surface area contributed by atoms with Gasteiger partial charge in [0.05, 0.1) is 26.4 Å². The van der Waals surface area contributed by atoms with Crippen molar-refractivity contribution < 1.29 is 80.2 Å². The largest absolute Gasteiger partial charge is 0.472 e. The van der Waals surface area contributed by atoms with Crippen LogP contribution in [0.2, 0.25) is 0 Å². The summed E-state index contributed by atoms with van der Waals surface area (Å²) in [5, 5.41) is 10.6. The molecule has 19 heteroatoms. The molecule has 564 valence electrons. The summed E-state index contributed by atoms with van der Waals surface area (Å²) in [6.07, 6.45) is 50.2. The van der Waals surface area contributed by atoms with E-state index in [-0.39, 0.29) is 25.7 Å². The molecule has 17 nitrogen and oxygen atoms in total. The number of unbranched alkanes of at least 4 members (excludes halogenated alkanes) is 38. The number of aliphatic hydroxyl groups is 1. The second-order valence-electron chi connectivity index (χ2n) is 29.1. The van der Waals surface area contributed by atoms with E-state index in [0.717, 1.165) is 108 Å². The summed E-state index contributed by atoms with van der Waals surface area (Å²) in [4.78, 5) is 72.7. The highest BCUT2D eigenvalue weighted by atomic mass is 31.2. The van der Waals surface area contributed by atoms with E-state index in [0.29, 0.717) is 31.6 Å². The van der Waals surface area contributed by atoms with Gasteiger partial charge in [-0.2, -0.15) is 0 Å². The predicted octanol–water partition coefficient (Wildman–Crippen LogP) is 22.0. The van der Waals surface area contributed by atoms with Crippen molar-refractivity contribution in [2.45, 2.75) is 401 Å². The van der Waals surface area contributed by atoms with E-state index < -0.39 is 97.5 Å². The van der Waals surface area contributed by atoms with E-state index in [1.165, 1.54) is 186 Å². The molecule has 0 aliphatic rings. The van der Waals surface area contributed by atoms with E-state index in [2.05, 4.69) is 55.4 Å². The number of esters is 4. The molecule has 0 aliphatic carbocycles. The molecule has 0 rings (SSSR count). The number of hydrogen-bond donors (Lipinski definition) is 3. The summed E-state index contributed by atoms with van der Waals surface area (Å²) in [5.74, 6) is 0.899. The van der Waals surface area contributed by atoms with Crippen molar-refractivity contribution in [3.8, 4) is 0 Å². The Hall–Kier alpha value is -1.94. The zero-order valence-corrected chi connectivity index (χ0v) is 64.1. The molecular weight excluding hydrogens is 1250 g/mol. The molecule has 0 heterocycles. The molecule has 0 aromatic rings. The summed E-state index contributed by atoms with van der Waals surface area (Å²) in [7, 11) is -9.91. The number of phosphoric acid groups is 2. The maximum Gasteiger partial charge on any atom is 0.472 e. The van der Waals surface area contributed by atoms with Gasteiger partial charge in [0.25, 0.3) is 0 Å². The van der Waals surface area contributed by atoms with E-state index in [1.807, 2.05) is 0 Å². The molecule has 0 aliphatic heterocycles. The summed E-state index contributed by atoms with van der Waals surface area (Å²) >= 11 is 0. The Kier molecular flexibility index (Phi) is 64.0. The average molecular weight is 1400 g/mol. The quantitative estimate of drug-likeness (QED) is 0.0222. The lowest BCUT2D eigenvalue weighted by Gasteiger charge is -2.21. The fourth-order valence-corrected chi connectivity index (χ4v) is 13.1. The monoisotopic (exact) mass is 1400 g/mol. The fraction of sp³-hybridized carbons (Fsp3) is 0.947. The molecule has 6 atom stereocenters. The normalized spacial score (nSPS) is 14.4. The summed E-state index contributed by atoms with van der Waals surface area (Å²) in [6, 6.07) is 0. The van der Waals surface area contributed by atoms with Gasteiger partial charge in [-0.25, -0.2) is 9.13 Å². The van der Waals surface area contributed by atoms with Crippen LogP contribution in [0.4, 0.5) is 0 Å². The van der Waals surface area contributed by atoms with Gasteiger partial charge in [-0.3, -0.25) is 37.3 Å². The highest BCUT2D eigenvalue weighted by Crippen LogP contribution is 2.45. The Morgan fingerprint density at radius 2 is 0.505 bits per heavy atom. The van der Waals surface area contributed by atoms with Crippen molar-refractivity contribution >= 4 is 39.5 Å². The lowest BCUT2D eigenvalue weighted by molar-refractivity contribution is -0.161. The first-order valence-electron chi connectivity index (χ1n) is 39.2. The average Bonchev–Trinajstić information content (AvgIpc) is 1.32. The molecule has 0 bridgehead atoms. The first-order chi connectivity index (χ1) is 45.6. The van der Waals surface area contributed by atoms with E-state index in [1.54, 1.807) is 0 Å². The minimum absolute atomic E-state index is 0.101. The van der Waals surface area contributed by atoms with Gasteiger partial charge in [0.15, 0.2) is 12.2 Å². The summed E-state index contributed by atoms with van der Waals surface area (Å²) < 4.78 is 68.4. The molecule has 0 amide bonds. The lowest BCUT2D eigenvalue weighted by Crippen LogP contribution is -2.30. The molecule has 0 fully saturated rings. The maximum atomic E-state index is 13.1. The van der Waals surface area contributed by atoms with Gasteiger partial charge < -0.3 is 33.8 Å². The second kappa shape index (κ2) is 65.4. The highest BCUT2D eigenvalue weighted by molar-refractivity contribution is 7.47. The van der Waals surface area contributed by atoms with Crippen molar-refractivity contribution in [1.29, 1.82) is 0 Å². The molecule has 0 saturated carbocycles. The van der Waals surface area contributed by atoms with Crippen LogP contribution < -0.4 is 0 Å². The minimum Gasteiger partial charge on any atom is -0.462 e. The van der Waals surface area contributed by atoms with Gasteiger partial charge in [-0.1, -0.05) is 331 Å². The number of carbonyl (C=O) groups is 4. The van der Waals surface area contributed by atoms with Gasteiger partial charge in [0.1, 0.15) is 19.3 Å². The van der Waals surface area contributed by atoms with Gasteiger partial charge in [-0.05, 0) is 49.4 Å². The molecule has 4 unspecified atom stereocenters. The number of carbonyl (C=O) groups excluding carboxylic acids is 4. The highest BCUT2D eigenvalue weighted by Gasteiger charge is 2.30. The van der Waals surface area contributed by atoms with Crippen LogP contribution in [0.5, 0.6) is 0 Å². The Morgan fingerprint density at radius 3 is 0.747 bits per heavy atom. The molecule has 0 aromatic heterocycles. The molecule has 3 N–H and O–H groups in total. The van der Waals surface area contributed by atoms with Crippen molar-refractivity contribution in [2.75, 3.05) is 39.6 Å². The summed E-state index contributed by atoms with van der Waals surface area (Å²) in [6.45, 7) is 14.1. The Balaban J connectivity index is 5.19. The standard InChI is InChI=1S/C76H148O17P2/c1-9-69(8)55-47-39-30-23-20-21-24-31-40-48-56-73(78)86-62-71(92-75(80)58-50-42-33-25-19-17-15-13-11-10-12-14-16-18-22-28-36-44-52-66(2)3)64-90-94(82,83)88-60-70(77)61-89-95(84,85)91-65-72(93-76(81)59-51-43-35-34-38-46-54-68(6)7)63-87-74(79)57-49-41-32-27-26-29-37-45-53-67(4)5/h66-72,77H,9-65H2,1-8H3,(H,82,83)(H,84,85)/t69?,70?,71-,72-/m1/s1. The second-order valence-corrected chi connectivity index (χ2v) is 32.0. The molecule has 0 aromatic carbocycles. The van der Waals surface area contributed by atoms with Crippen LogP contribution in [-0.4, -0.2) is 96.7 Å². The van der Waals surface area contributed by atoms with Crippen LogP contribution in [0.3, 0.4) is 0 Å². The van der Waals surface area contributed by atoms with Crippen molar-refractivity contribution in [3.05, 3.63) is 0 Å². The van der Waals surface area contributed by atoms with Crippen molar-refractivity contribution in [1.82, 2.24) is 0 Å². The third kappa shape index (κ3) is 69.0. The third-order valence-electron chi connectivity index (χ3n) is 17.9. The first-order valence-corrected chi connectivity index (χ1v) is 42.2. The maximum absolute atomic E-state index is 13.1. The van der Waals surface area contributed by atoms with Crippen LogP contribution in [-0.2, 0) is 65.4 Å². The van der Waals surface area contributed by atoms with Gasteiger partial charge in [0.2, 0.25) is 0 Å². The van der Waals surface area contributed by atoms with Crippen LogP contribution in [0.1, 0.15) is 383 Å². The minimum atomic E-state index is -4.96. The Labute approximate surface area is 581 Å². The van der Waals surface area contributed by atoms with E-state index >= 15 is 0 Å². The Bertz CT molecular complexity index is 1870. The van der Waals surface area contributed by atoms with Crippen LogP contribution in [0, 0.1) is 23.7 Å². The van der Waals surface area contributed by atoms with Crippen LogP contribution >= 0.6 is 15.6 Å². The van der Waals surface area contributed by atoms with Gasteiger partial charge in [-0.15, -0.1) is 0 Å². The lowest BCUT2D eigenvalue weighted by atomic mass is 9.99. The van der Waals surface area contributed by atoms with Crippen molar-refractivity contribution in [2.24, 2.45) is 23.7 Å². The molecule has 0 saturated heterocycles. The number of rotatable bonds is 73. The van der Waals surface area contributed by atoms with Crippen LogP contribution in [0.15, 0.2) is 0 Å². The predicted molar refractivity (Wildman–Crippen MR) is 386 cm³/mol. The third-order valence-corrected chi connectivity index (χ3v) is 19.8. The van der Waals surface area contributed by atoms with E-state index in [4.69, 9.17) is 37.0 Å². The topological polar surface area (TPSA) is 237 Å².